The van der Waals surface area contributed by atoms with Gasteiger partial charge in [0.2, 0.25) is 5.28 Å². The molecule has 82 valence electrons. The third kappa shape index (κ3) is 3.71. The Bertz CT molecular complexity index is 329. The van der Waals surface area contributed by atoms with Gasteiger partial charge in [-0.2, -0.15) is 0 Å². The molecular formula is C9H11ClN2O3. The topological polar surface area (TPSA) is 61.3 Å². The molecular weight excluding hydrogens is 220 g/mol. The summed E-state index contributed by atoms with van der Waals surface area (Å²) in [6.07, 6.45) is 2.10. The number of halogens is 1. The number of nitrogens with zero attached hydrogens (tertiary/aromatic N) is 2. The molecule has 0 aliphatic heterocycles. The van der Waals surface area contributed by atoms with Crippen molar-refractivity contribution in [2.75, 3.05) is 6.61 Å². The van der Waals surface area contributed by atoms with Gasteiger partial charge in [-0.1, -0.05) is 0 Å². The minimum atomic E-state index is -0.685. The van der Waals surface area contributed by atoms with Gasteiger partial charge < -0.3 is 9.47 Å². The molecule has 0 aromatic carbocycles. The molecule has 15 heavy (non-hydrogen) atoms. The maximum atomic E-state index is 11.2. The van der Waals surface area contributed by atoms with E-state index in [0.717, 1.165) is 0 Å². The van der Waals surface area contributed by atoms with Gasteiger partial charge in [-0.15, -0.1) is 0 Å². The van der Waals surface area contributed by atoms with Crippen LogP contribution in [0.4, 0.5) is 0 Å². The first-order chi connectivity index (χ1) is 7.13. The lowest BCUT2D eigenvalue weighted by Gasteiger charge is -2.12. The summed E-state index contributed by atoms with van der Waals surface area (Å²) in [6.45, 7) is 3.65. The quantitative estimate of drug-likeness (QED) is 0.579. The fourth-order valence-electron chi connectivity index (χ4n) is 0.873. The maximum Gasteiger partial charge on any atom is 0.347 e. The van der Waals surface area contributed by atoms with Gasteiger partial charge in [0.25, 0.3) is 0 Å². The molecule has 1 unspecified atom stereocenters. The second-order valence-electron chi connectivity index (χ2n) is 2.70. The standard InChI is InChI=1S/C9H11ClN2O3/c1-3-14-8(13)6(2)15-7-4-11-9(10)12-5-7/h4-6H,3H2,1-2H3. The zero-order chi connectivity index (χ0) is 11.3. The highest BCUT2D eigenvalue weighted by Crippen LogP contribution is 2.11. The predicted octanol–water partition coefficient (Wildman–Crippen LogP) is 1.46. The molecule has 1 aromatic rings. The molecule has 0 N–H and O–H groups in total. The van der Waals surface area contributed by atoms with Crippen molar-refractivity contribution in [3.8, 4) is 5.75 Å². The lowest BCUT2D eigenvalue weighted by molar-refractivity contribution is -0.150. The Morgan fingerprint density at radius 3 is 2.67 bits per heavy atom. The zero-order valence-electron chi connectivity index (χ0n) is 8.44. The number of aromatic nitrogens is 2. The third-order valence-electron chi connectivity index (χ3n) is 1.53. The smallest absolute Gasteiger partial charge is 0.347 e. The summed E-state index contributed by atoms with van der Waals surface area (Å²) in [5, 5.41) is 0.131. The summed E-state index contributed by atoms with van der Waals surface area (Å²) in [4.78, 5) is 18.6. The van der Waals surface area contributed by atoms with Crippen LogP contribution >= 0.6 is 11.6 Å². The Kier molecular flexibility index (Phi) is 4.30. The summed E-state index contributed by atoms with van der Waals surface area (Å²) in [7, 11) is 0. The van der Waals surface area contributed by atoms with Crippen molar-refractivity contribution in [3.05, 3.63) is 17.7 Å². The molecule has 0 saturated carbocycles. The fraction of sp³-hybridized carbons (Fsp3) is 0.444. The van der Waals surface area contributed by atoms with E-state index in [9.17, 15) is 4.79 Å². The first-order valence-corrected chi connectivity index (χ1v) is 4.82. The number of carbonyl (C=O) groups is 1. The molecule has 0 saturated heterocycles. The second kappa shape index (κ2) is 5.50. The van der Waals surface area contributed by atoms with Gasteiger partial charge in [0.1, 0.15) is 0 Å². The van der Waals surface area contributed by atoms with Crippen molar-refractivity contribution in [2.24, 2.45) is 0 Å². The van der Waals surface area contributed by atoms with Gasteiger partial charge in [0.05, 0.1) is 19.0 Å². The lowest BCUT2D eigenvalue weighted by atomic mass is 10.4. The Hall–Kier alpha value is -1.36. The third-order valence-corrected chi connectivity index (χ3v) is 1.72. The van der Waals surface area contributed by atoms with Gasteiger partial charge in [0.15, 0.2) is 11.9 Å². The highest BCUT2D eigenvalue weighted by Gasteiger charge is 2.15. The van der Waals surface area contributed by atoms with Crippen molar-refractivity contribution in [1.29, 1.82) is 0 Å². The van der Waals surface area contributed by atoms with Crippen molar-refractivity contribution in [2.45, 2.75) is 20.0 Å². The first-order valence-electron chi connectivity index (χ1n) is 4.44. The number of ether oxygens (including phenoxy) is 2. The number of rotatable bonds is 4. The van der Waals surface area contributed by atoms with E-state index in [1.54, 1.807) is 13.8 Å². The molecule has 0 radical (unpaired) electrons. The van der Waals surface area contributed by atoms with Crippen LogP contribution in [-0.2, 0) is 9.53 Å². The van der Waals surface area contributed by atoms with E-state index in [0.29, 0.717) is 12.4 Å². The van der Waals surface area contributed by atoms with Crippen LogP contribution in [0.2, 0.25) is 5.28 Å². The Morgan fingerprint density at radius 1 is 1.53 bits per heavy atom. The van der Waals surface area contributed by atoms with Gasteiger partial charge in [0, 0.05) is 0 Å². The molecule has 1 heterocycles. The lowest BCUT2D eigenvalue weighted by Crippen LogP contribution is -2.26. The highest BCUT2D eigenvalue weighted by molar-refractivity contribution is 6.28. The van der Waals surface area contributed by atoms with Gasteiger partial charge in [-0.3, -0.25) is 0 Å². The molecule has 0 spiro atoms. The number of esters is 1. The normalized spacial score (nSPS) is 11.9. The van der Waals surface area contributed by atoms with E-state index in [2.05, 4.69) is 9.97 Å². The van der Waals surface area contributed by atoms with E-state index in [-0.39, 0.29) is 5.28 Å². The summed E-state index contributed by atoms with van der Waals surface area (Å²) in [5.74, 6) is -0.0487. The van der Waals surface area contributed by atoms with Gasteiger partial charge >= 0.3 is 5.97 Å². The number of carbonyl (C=O) groups excluding carboxylic acids is 1. The van der Waals surface area contributed by atoms with Crippen molar-refractivity contribution in [1.82, 2.24) is 9.97 Å². The second-order valence-corrected chi connectivity index (χ2v) is 3.04. The average Bonchev–Trinajstić information content (AvgIpc) is 2.22. The van der Waals surface area contributed by atoms with Crippen LogP contribution in [-0.4, -0.2) is 28.6 Å². The van der Waals surface area contributed by atoms with Crippen molar-refractivity contribution < 1.29 is 14.3 Å². The number of hydrogen-bond acceptors (Lipinski definition) is 5. The van der Waals surface area contributed by atoms with Gasteiger partial charge in [-0.25, -0.2) is 14.8 Å². The average molecular weight is 231 g/mol. The first kappa shape index (κ1) is 11.7. The molecule has 0 aliphatic carbocycles. The zero-order valence-corrected chi connectivity index (χ0v) is 9.19. The van der Waals surface area contributed by atoms with Crippen LogP contribution in [0.5, 0.6) is 5.75 Å². The van der Waals surface area contributed by atoms with Crippen LogP contribution in [0, 0.1) is 0 Å². The summed E-state index contributed by atoms with van der Waals surface area (Å²) in [6, 6.07) is 0. The van der Waals surface area contributed by atoms with Crippen LogP contribution in [0.1, 0.15) is 13.8 Å². The van der Waals surface area contributed by atoms with Crippen molar-refractivity contribution >= 4 is 17.6 Å². The van der Waals surface area contributed by atoms with E-state index in [4.69, 9.17) is 21.1 Å². The van der Waals surface area contributed by atoms with Gasteiger partial charge in [-0.05, 0) is 25.4 Å². The van der Waals surface area contributed by atoms with Crippen LogP contribution < -0.4 is 4.74 Å². The fourth-order valence-corrected chi connectivity index (χ4v) is 0.971. The molecule has 0 bridgehead atoms. The molecule has 6 heteroatoms. The van der Waals surface area contributed by atoms with Crippen LogP contribution in [0.25, 0.3) is 0 Å². The largest absolute Gasteiger partial charge is 0.476 e. The minimum absolute atomic E-state index is 0.131. The Labute approximate surface area is 92.4 Å². The number of hydrogen-bond donors (Lipinski definition) is 0. The Balaban J connectivity index is 2.54. The van der Waals surface area contributed by atoms with Crippen molar-refractivity contribution in [3.63, 3.8) is 0 Å². The monoisotopic (exact) mass is 230 g/mol. The van der Waals surface area contributed by atoms with E-state index < -0.39 is 12.1 Å². The SMILES string of the molecule is CCOC(=O)C(C)Oc1cnc(Cl)nc1. The Morgan fingerprint density at radius 2 is 2.13 bits per heavy atom. The predicted molar refractivity (Wildman–Crippen MR) is 53.8 cm³/mol. The van der Waals surface area contributed by atoms with Crippen LogP contribution in [0.3, 0.4) is 0 Å². The maximum absolute atomic E-state index is 11.2. The van der Waals surface area contributed by atoms with E-state index >= 15 is 0 Å². The summed E-state index contributed by atoms with van der Waals surface area (Å²) < 4.78 is 9.99. The summed E-state index contributed by atoms with van der Waals surface area (Å²) in [5.41, 5.74) is 0. The highest BCUT2D eigenvalue weighted by atomic mass is 35.5. The molecule has 1 atom stereocenters. The van der Waals surface area contributed by atoms with Crippen LogP contribution in [0.15, 0.2) is 12.4 Å². The van der Waals surface area contributed by atoms with E-state index in [1.165, 1.54) is 12.4 Å². The van der Waals surface area contributed by atoms with E-state index in [1.807, 2.05) is 0 Å². The molecule has 1 aromatic heterocycles. The molecule has 0 amide bonds. The molecule has 1 rings (SSSR count). The molecule has 0 aliphatic rings. The summed E-state index contributed by atoms with van der Waals surface area (Å²) >= 11 is 5.49. The minimum Gasteiger partial charge on any atom is -0.476 e. The molecule has 0 fully saturated rings. The molecule has 5 nitrogen and oxygen atoms in total.